The number of halogens is 1. The van der Waals surface area contributed by atoms with Crippen molar-refractivity contribution in [2.24, 2.45) is 0 Å². The van der Waals surface area contributed by atoms with Gasteiger partial charge in [0.1, 0.15) is 0 Å². The minimum Gasteiger partial charge on any atom is -0.377 e. The lowest BCUT2D eigenvalue weighted by Gasteiger charge is -2.17. The molecule has 2 N–H and O–H groups in total. The molecule has 1 atom stereocenters. The van der Waals surface area contributed by atoms with E-state index in [2.05, 4.69) is 39.0 Å². The van der Waals surface area contributed by atoms with Crippen LogP contribution in [-0.4, -0.2) is 15.5 Å². The Labute approximate surface area is 137 Å². The number of aryl methyl sites for hydroxylation is 1. The lowest BCUT2D eigenvalue weighted by molar-refractivity contribution is 0.588. The number of sulfonamides is 1. The first-order chi connectivity index (χ1) is 9.83. The Bertz CT molecular complexity index is 741. The first-order valence-electron chi connectivity index (χ1n) is 6.38. The molecule has 114 valence electrons. The van der Waals surface area contributed by atoms with Crippen molar-refractivity contribution < 1.29 is 8.42 Å². The molecule has 4 nitrogen and oxygen atoms in total. The number of nitrogens with one attached hydrogen (secondary N) is 2. The van der Waals surface area contributed by atoms with E-state index in [0.717, 1.165) is 15.7 Å². The monoisotopic (exact) mass is 388 g/mol. The van der Waals surface area contributed by atoms with Crippen LogP contribution < -0.4 is 10.0 Å². The normalized spacial score (nSPS) is 13.1. The molecule has 1 unspecified atom stereocenters. The Kier molecular flexibility index (Phi) is 5.08. The molecular weight excluding hydrogens is 372 g/mol. The van der Waals surface area contributed by atoms with Crippen LogP contribution in [0.2, 0.25) is 0 Å². The lowest BCUT2D eigenvalue weighted by Crippen LogP contribution is -2.19. The largest absolute Gasteiger partial charge is 0.377 e. The summed E-state index contributed by atoms with van der Waals surface area (Å²) in [6.45, 7) is 4.01. The third-order valence-corrected chi connectivity index (χ3v) is 6.46. The highest BCUT2D eigenvalue weighted by molar-refractivity contribution is 9.10. The Balaban J connectivity index is 2.29. The number of hydrogen-bond donors (Lipinski definition) is 2. The van der Waals surface area contributed by atoms with Gasteiger partial charge in [-0.1, -0.05) is 6.07 Å². The second-order valence-electron chi connectivity index (χ2n) is 4.72. The number of thiophene rings is 1. The van der Waals surface area contributed by atoms with Crippen molar-refractivity contribution in [3.63, 3.8) is 0 Å². The summed E-state index contributed by atoms with van der Waals surface area (Å²) in [6, 6.07) is 7.25. The average Bonchev–Trinajstić information content (AvgIpc) is 2.87. The molecule has 1 heterocycles. The highest BCUT2D eigenvalue weighted by Gasteiger charge is 2.15. The molecular formula is C14H17BrN2O2S2. The van der Waals surface area contributed by atoms with Crippen molar-refractivity contribution in [1.29, 1.82) is 0 Å². The van der Waals surface area contributed by atoms with Gasteiger partial charge in [-0.3, -0.25) is 0 Å². The Morgan fingerprint density at radius 1 is 1.29 bits per heavy atom. The van der Waals surface area contributed by atoms with Crippen molar-refractivity contribution in [2.45, 2.75) is 24.8 Å². The molecule has 0 fully saturated rings. The summed E-state index contributed by atoms with van der Waals surface area (Å²) < 4.78 is 27.1. The third-order valence-electron chi connectivity index (χ3n) is 3.17. The highest BCUT2D eigenvalue weighted by atomic mass is 79.9. The van der Waals surface area contributed by atoms with Crippen molar-refractivity contribution in [2.75, 3.05) is 12.4 Å². The molecule has 2 aromatic rings. The van der Waals surface area contributed by atoms with Crippen molar-refractivity contribution in [3.8, 4) is 0 Å². The summed E-state index contributed by atoms with van der Waals surface area (Å²) >= 11 is 5.10. The number of rotatable bonds is 5. The highest BCUT2D eigenvalue weighted by Crippen LogP contribution is 2.29. The summed E-state index contributed by atoms with van der Waals surface area (Å²) in [4.78, 5) is 1.45. The predicted octanol–water partition coefficient (Wildman–Crippen LogP) is 3.90. The van der Waals surface area contributed by atoms with Crippen molar-refractivity contribution in [3.05, 3.63) is 44.6 Å². The van der Waals surface area contributed by atoms with Gasteiger partial charge in [0.2, 0.25) is 10.0 Å². The maximum absolute atomic E-state index is 11.9. The molecule has 0 aliphatic rings. The van der Waals surface area contributed by atoms with E-state index >= 15 is 0 Å². The van der Waals surface area contributed by atoms with Gasteiger partial charge in [-0.2, -0.15) is 0 Å². The molecule has 0 saturated heterocycles. The molecule has 2 rings (SSSR count). The maximum atomic E-state index is 11.9. The molecule has 0 amide bonds. The second kappa shape index (κ2) is 6.48. The molecule has 0 aliphatic heterocycles. The van der Waals surface area contributed by atoms with Gasteiger partial charge in [-0.05, 0) is 60.6 Å². The number of hydrogen-bond acceptors (Lipinski definition) is 4. The zero-order valence-electron chi connectivity index (χ0n) is 12.0. The van der Waals surface area contributed by atoms with E-state index in [1.54, 1.807) is 23.5 Å². The average molecular weight is 389 g/mol. The standard InChI is InChI=1S/C14H17BrN2O2S2/c1-9-4-5-12(21(18,19)16-3)7-13(9)17-10(2)14-6-11(15)8-20-14/h4-8,10,16-17H,1-3H3. The van der Waals surface area contributed by atoms with Crippen LogP contribution in [0.5, 0.6) is 0 Å². The van der Waals surface area contributed by atoms with E-state index in [0.29, 0.717) is 0 Å². The van der Waals surface area contributed by atoms with Gasteiger partial charge in [0, 0.05) is 20.4 Å². The fourth-order valence-electron chi connectivity index (χ4n) is 1.90. The molecule has 1 aromatic carbocycles. The third kappa shape index (κ3) is 3.85. The van der Waals surface area contributed by atoms with Crippen LogP contribution in [-0.2, 0) is 10.0 Å². The molecule has 0 saturated carbocycles. The van der Waals surface area contributed by atoms with Gasteiger partial charge in [-0.15, -0.1) is 11.3 Å². The minimum atomic E-state index is -3.43. The molecule has 21 heavy (non-hydrogen) atoms. The van der Waals surface area contributed by atoms with Crippen LogP contribution in [0.15, 0.2) is 39.0 Å². The summed E-state index contributed by atoms with van der Waals surface area (Å²) in [6.07, 6.45) is 0. The van der Waals surface area contributed by atoms with Crippen LogP contribution >= 0.6 is 27.3 Å². The summed E-state index contributed by atoms with van der Waals surface area (Å²) in [5.74, 6) is 0. The van der Waals surface area contributed by atoms with E-state index in [9.17, 15) is 8.42 Å². The van der Waals surface area contributed by atoms with Gasteiger partial charge < -0.3 is 5.32 Å². The molecule has 7 heteroatoms. The van der Waals surface area contributed by atoms with Crippen molar-refractivity contribution >= 4 is 43.0 Å². The van der Waals surface area contributed by atoms with Gasteiger partial charge in [0.05, 0.1) is 10.9 Å². The van der Waals surface area contributed by atoms with E-state index in [1.807, 2.05) is 18.4 Å². The van der Waals surface area contributed by atoms with Crippen LogP contribution in [0.1, 0.15) is 23.4 Å². The van der Waals surface area contributed by atoms with E-state index < -0.39 is 10.0 Å². The van der Waals surface area contributed by atoms with Crippen LogP contribution in [0.4, 0.5) is 5.69 Å². The molecule has 0 radical (unpaired) electrons. The maximum Gasteiger partial charge on any atom is 0.240 e. The topological polar surface area (TPSA) is 58.2 Å². The Morgan fingerprint density at radius 2 is 2.00 bits per heavy atom. The second-order valence-corrected chi connectivity index (χ2v) is 8.46. The molecule has 0 aliphatic carbocycles. The number of anilines is 1. The fourth-order valence-corrected chi connectivity index (χ4v) is 4.11. The first kappa shape index (κ1) is 16.5. The minimum absolute atomic E-state index is 0.104. The predicted molar refractivity (Wildman–Crippen MR) is 91.5 cm³/mol. The number of benzene rings is 1. The summed E-state index contributed by atoms with van der Waals surface area (Å²) in [7, 11) is -2.02. The SMILES string of the molecule is CNS(=O)(=O)c1ccc(C)c(NC(C)c2cc(Br)cs2)c1. The quantitative estimate of drug-likeness (QED) is 0.816. The van der Waals surface area contributed by atoms with Crippen molar-refractivity contribution in [1.82, 2.24) is 4.72 Å². The lowest BCUT2D eigenvalue weighted by atomic mass is 10.1. The van der Waals surface area contributed by atoms with Crippen LogP contribution in [0.25, 0.3) is 0 Å². The van der Waals surface area contributed by atoms with Crippen LogP contribution in [0, 0.1) is 6.92 Å². The summed E-state index contributed by atoms with van der Waals surface area (Å²) in [5, 5.41) is 5.40. The van der Waals surface area contributed by atoms with E-state index in [4.69, 9.17) is 0 Å². The Hall–Kier alpha value is -0.890. The van der Waals surface area contributed by atoms with Crippen LogP contribution in [0.3, 0.4) is 0 Å². The smallest absolute Gasteiger partial charge is 0.240 e. The van der Waals surface area contributed by atoms with Gasteiger partial charge in [0.15, 0.2) is 0 Å². The molecule has 1 aromatic heterocycles. The van der Waals surface area contributed by atoms with Gasteiger partial charge in [0.25, 0.3) is 0 Å². The Morgan fingerprint density at radius 3 is 2.57 bits per heavy atom. The van der Waals surface area contributed by atoms with E-state index in [-0.39, 0.29) is 10.9 Å². The zero-order valence-corrected chi connectivity index (χ0v) is 15.2. The summed E-state index contributed by atoms with van der Waals surface area (Å²) in [5.41, 5.74) is 1.83. The first-order valence-corrected chi connectivity index (χ1v) is 9.53. The van der Waals surface area contributed by atoms with Gasteiger partial charge >= 0.3 is 0 Å². The van der Waals surface area contributed by atoms with E-state index in [1.165, 1.54) is 11.9 Å². The zero-order chi connectivity index (χ0) is 15.6. The molecule has 0 bridgehead atoms. The van der Waals surface area contributed by atoms with Gasteiger partial charge in [-0.25, -0.2) is 13.1 Å². The molecule has 0 spiro atoms. The fraction of sp³-hybridized carbons (Fsp3) is 0.286.